The van der Waals surface area contributed by atoms with Gasteiger partial charge >= 0.3 is 0 Å². The van der Waals surface area contributed by atoms with Crippen molar-refractivity contribution in [2.45, 2.75) is 45.7 Å². The minimum absolute atomic E-state index is 0.211. The van der Waals surface area contributed by atoms with Crippen molar-refractivity contribution in [2.75, 3.05) is 0 Å². The third-order valence-electron chi connectivity index (χ3n) is 3.49. The molecule has 0 aliphatic carbocycles. The summed E-state index contributed by atoms with van der Waals surface area (Å²) in [6.45, 7) is 9.78. The maximum atomic E-state index is 5.94. The average molecular weight is 308 g/mol. The second-order valence-corrected chi connectivity index (χ2v) is 7.98. The molecule has 0 saturated heterocycles. The Bertz CT molecular complexity index is 551. The van der Waals surface area contributed by atoms with Gasteiger partial charge in [-0.1, -0.05) is 56.6 Å². The number of thiophene rings is 1. The van der Waals surface area contributed by atoms with Crippen LogP contribution in [0.5, 0.6) is 0 Å². The van der Waals surface area contributed by atoms with Gasteiger partial charge < -0.3 is 5.32 Å². The third-order valence-corrected chi connectivity index (χ3v) is 4.72. The van der Waals surface area contributed by atoms with E-state index in [0.717, 1.165) is 10.9 Å². The molecule has 0 amide bonds. The normalized spacial score (nSPS) is 13.4. The molecular formula is C17H22ClNS. The van der Waals surface area contributed by atoms with Crippen LogP contribution in [0.2, 0.25) is 4.34 Å². The molecule has 1 nitrogen and oxygen atoms in total. The van der Waals surface area contributed by atoms with Crippen molar-refractivity contribution in [1.82, 2.24) is 5.32 Å². The maximum absolute atomic E-state index is 5.94. The summed E-state index contributed by atoms with van der Waals surface area (Å²) in [6, 6.07) is 13.3. The zero-order valence-corrected chi connectivity index (χ0v) is 14.1. The first-order valence-corrected chi connectivity index (χ1v) is 8.14. The zero-order chi connectivity index (χ0) is 14.8. The van der Waals surface area contributed by atoms with Crippen LogP contribution in [-0.2, 0) is 12.0 Å². The summed E-state index contributed by atoms with van der Waals surface area (Å²) in [6.07, 6.45) is 0. The van der Waals surface area contributed by atoms with E-state index in [4.69, 9.17) is 11.6 Å². The van der Waals surface area contributed by atoms with Gasteiger partial charge in [-0.05, 0) is 35.6 Å². The predicted molar refractivity (Wildman–Crippen MR) is 89.7 cm³/mol. The summed E-state index contributed by atoms with van der Waals surface area (Å²) in [5.41, 5.74) is 2.90. The number of benzene rings is 1. The number of rotatable bonds is 4. The van der Waals surface area contributed by atoms with E-state index in [9.17, 15) is 0 Å². The van der Waals surface area contributed by atoms with E-state index in [1.54, 1.807) is 11.3 Å². The second kappa shape index (κ2) is 6.30. The van der Waals surface area contributed by atoms with Crippen LogP contribution in [-0.4, -0.2) is 0 Å². The van der Waals surface area contributed by atoms with Crippen molar-refractivity contribution in [2.24, 2.45) is 0 Å². The van der Waals surface area contributed by atoms with Crippen LogP contribution in [0.3, 0.4) is 0 Å². The molecule has 0 spiro atoms. The molecule has 0 aliphatic rings. The summed E-state index contributed by atoms with van der Waals surface area (Å²) in [7, 11) is 0. The maximum Gasteiger partial charge on any atom is 0.0931 e. The molecular weight excluding hydrogens is 286 g/mol. The fourth-order valence-corrected chi connectivity index (χ4v) is 3.13. The molecule has 3 heteroatoms. The van der Waals surface area contributed by atoms with Gasteiger partial charge in [0.15, 0.2) is 0 Å². The first-order chi connectivity index (χ1) is 9.36. The van der Waals surface area contributed by atoms with Gasteiger partial charge in [-0.25, -0.2) is 0 Å². The van der Waals surface area contributed by atoms with Crippen LogP contribution in [0, 0.1) is 0 Å². The molecule has 0 aliphatic heterocycles. The summed E-state index contributed by atoms with van der Waals surface area (Å²) in [5, 5.41) is 3.54. The van der Waals surface area contributed by atoms with Gasteiger partial charge in [0.05, 0.1) is 4.34 Å². The fraction of sp³-hybridized carbons (Fsp3) is 0.412. The largest absolute Gasteiger partial charge is 0.305 e. The molecule has 1 unspecified atom stereocenters. The standard InChI is InChI=1S/C17H22ClNS/c1-12(19-11-15-9-10-16(18)20-15)13-5-7-14(8-6-13)17(2,3)4/h5-10,12,19H,11H2,1-4H3. The molecule has 108 valence electrons. The SMILES string of the molecule is CC(NCc1ccc(Cl)s1)c1ccc(C(C)(C)C)cc1. The van der Waals surface area contributed by atoms with E-state index in [-0.39, 0.29) is 5.41 Å². The van der Waals surface area contributed by atoms with Gasteiger partial charge in [-0.3, -0.25) is 0 Å². The molecule has 0 bridgehead atoms. The Labute approximate surface area is 131 Å². The molecule has 0 fully saturated rings. The van der Waals surface area contributed by atoms with Gasteiger partial charge in [0.1, 0.15) is 0 Å². The molecule has 1 atom stereocenters. The lowest BCUT2D eigenvalue weighted by molar-refractivity contribution is 0.572. The highest BCUT2D eigenvalue weighted by molar-refractivity contribution is 7.16. The topological polar surface area (TPSA) is 12.0 Å². The van der Waals surface area contributed by atoms with Gasteiger partial charge in [0, 0.05) is 17.5 Å². The summed E-state index contributed by atoms with van der Waals surface area (Å²) in [5.74, 6) is 0. The number of hydrogen-bond acceptors (Lipinski definition) is 2. The van der Waals surface area contributed by atoms with Crippen LogP contribution < -0.4 is 5.32 Å². The Morgan fingerprint density at radius 3 is 2.25 bits per heavy atom. The van der Waals surface area contributed by atoms with Crippen LogP contribution >= 0.6 is 22.9 Å². The van der Waals surface area contributed by atoms with Crippen LogP contribution in [0.1, 0.15) is 49.7 Å². The van der Waals surface area contributed by atoms with Gasteiger partial charge in [0.25, 0.3) is 0 Å². The highest BCUT2D eigenvalue weighted by atomic mass is 35.5. The van der Waals surface area contributed by atoms with Crippen molar-refractivity contribution < 1.29 is 0 Å². The highest BCUT2D eigenvalue weighted by Gasteiger charge is 2.14. The third kappa shape index (κ3) is 4.08. The number of halogens is 1. The summed E-state index contributed by atoms with van der Waals surface area (Å²) >= 11 is 7.58. The van der Waals surface area contributed by atoms with Crippen molar-refractivity contribution in [3.8, 4) is 0 Å². The van der Waals surface area contributed by atoms with E-state index in [1.165, 1.54) is 16.0 Å². The smallest absolute Gasteiger partial charge is 0.0931 e. The molecule has 0 radical (unpaired) electrons. The Balaban J connectivity index is 1.97. The Morgan fingerprint density at radius 2 is 1.75 bits per heavy atom. The van der Waals surface area contributed by atoms with Crippen molar-refractivity contribution in [3.63, 3.8) is 0 Å². The van der Waals surface area contributed by atoms with Crippen LogP contribution in [0.15, 0.2) is 36.4 Å². The van der Waals surface area contributed by atoms with E-state index in [2.05, 4.69) is 63.3 Å². The fourth-order valence-electron chi connectivity index (χ4n) is 2.09. The van der Waals surface area contributed by atoms with Gasteiger partial charge in [-0.15, -0.1) is 11.3 Å². The van der Waals surface area contributed by atoms with Crippen LogP contribution in [0.25, 0.3) is 0 Å². The molecule has 20 heavy (non-hydrogen) atoms. The molecule has 2 aromatic rings. The first-order valence-electron chi connectivity index (χ1n) is 6.94. The van der Waals surface area contributed by atoms with Crippen LogP contribution in [0.4, 0.5) is 0 Å². The highest BCUT2D eigenvalue weighted by Crippen LogP contribution is 2.25. The first kappa shape index (κ1) is 15.6. The lowest BCUT2D eigenvalue weighted by atomic mass is 9.86. The number of hydrogen-bond donors (Lipinski definition) is 1. The minimum atomic E-state index is 0.211. The Morgan fingerprint density at radius 1 is 1.10 bits per heavy atom. The van der Waals surface area contributed by atoms with Crippen molar-refractivity contribution in [1.29, 1.82) is 0 Å². The Hall–Kier alpha value is -0.830. The quantitative estimate of drug-likeness (QED) is 0.781. The predicted octanol–water partition coefficient (Wildman–Crippen LogP) is 5.55. The Kier molecular flexibility index (Phi) is 4.90. The van der Waals surface area contributed by atoms with E-state index >= 15 is 0 Å². The van der Waals surface area contributed by atoms with E-state index < -0.39 is 0 Å². The lowest BCUT2D eigenvalue weighted by Crippen LogP contribution is -2.18. The average Bonchev–Trinajstić information content (AvgIpc) is 2.81. The molecule has 0 saturated carbocycles. The van der Waals surface area contributed by atoms with Crippen molar-refractivity contribution >= 4 is 22.9 Å². The second-order valence-electron chi connectivity index (χ2n) is 6.18. The van der Waals surface area contributed by atoms with Gasteiger partial charge in [-0.2, -0.15) is 0 Å². The summed E-state index contributed by atoms with van der Waals surface area (Å²) < 4.78 is 0.851. The lowest BCUT2D eigenvalue weighted by Gasteiger charge is -2.20. The molecule has 1 aromatic carbocycles. The minimum Gasteiger partial charge on any atom is -0.305 e. The van der Waals surface area contributed by atoms with Crippen molar-refractivity contribution in [3.05, 3.63) is 56.7 Å². The summed E-state index contributed by atoms with van der Waals surface area (Å²) in [4.78, 5) is 1.27. The zero-order valence-electron chi connectivity index (χ0n) is 12.5. The van der Waals surface area contributed by atoms with E-state index in [1.807, 2.05) is 6.07 Å². The van der Waals surface area contributed by atoms with E-state index in [0.29, 0.717) is 6.04 Å². The molecule has 1 heterocycles. The van der Waals surface area contributed by atoms with Gasteiger partial charge in [0.2, 0.25) is 0 Å². The number of nitrogens with one attached hydrogen (secondary N) is 1. The molecule has 1 N–H and O–H groups in total. The molecule has 2 rings (SSSR count). The monoisotopic (exact) mass is 307 g/mol. The molecule has 1 aromatic heterocycles.